The maximum absolute atomic E-state index is 6.51. The Morgan fingerprint density at radius 3 is 2.44 bits per heavy atom. The summed E-state index contributed by atoms with van der Waals surface area (Å²) in [4.78, 5) is 0. The van der Waals surface area contributed by atoms with E-state index in [4.69, 9.17) is 21.1 Å². The summed E-state index contributed by atoms with van der Waals surface area (Å²) in [5.41, 5.74) is 4.42. The minimum atomic E-state index is 0.446. The van der Waals surface area contributed by atoms with Gasteiger partial charge in [0.05, 0.1) is 11.6 Å². The van der Waals surface area contributed by atoms with Gasteiger partial charge in [-0.3, -0.25) is 0 Å². The Hall–Kier alpha value is -2.65. The Morgan fingerprint density at radius 2 is 1.70 bits per heavy atom. The molecule has 27 heavy (non-hydrogen) atoms. The lowest BCUT2D eigenvalue weighted by Crippen LogP contribution is -2.04. The molecule has 0 saturated heterocycles. The van der Waals surface area contributed by atoms with Crippen molar-refractivity contribution in [2.75, 3.05) is 11.9 Å². The van der Waals surface area contributed by atoms with Gasteiger partial charge in [0, 0.05) is 12.2 Å². The first-order chi connectivity index (χ1) is 13.2. The van der Waals surface area contributed by atoms with E-state index in [1.165, 1.54) is 5.56 Å². The quantitative estimate of drug-likeness (QED) is 0.501. The van der Waals surface area contributed by atoms with Crippen molar-refractivity contribution in [1.82, 2.24) is 0 Å². The summed E-state index contributed by atoms with van der Waals surface area (Å²) in [6.45, 7) is 5.68. The van der Waals surface area contributed by atoms with Crippen LogP contribution in [0, 0.1) is 6.92 Å². The van der Waals surface area contributed by atoms with Crippen molar-refractivity contribution in [2.24, 2.45) is 0 Å². The third-order valence-corrected chi connectivity index (χ3v) is 4.39. The lowest BCUT2D eigenvalue weighted by atomic mass is 10.1. The average molecular weight is 382 g/mol. The summed E-state index contributed by atoms with van der Waals surface area (Å²) in [5, 5.41) is 3.97. The summed E-state index contributed by atoms with van der Waals surface area (Å²) in [7, 11) is 0. The molecule has 0 spiro atoms. The smallest absolute Gasteiger partial charge is 0.180 e. The second kappa shape index (κ2) is 9.33. The number of halogens is 1. The van der Waals surface area contributed by atoms with Crippen molar-refractivity contribution in [1.29, 1.82) is 0 Å². The van der Waals surface area contributed by atoms with Crippen LogP contribution in [0.3, 0.4) is 0 Å². The van der Waals surface area contributed by atoms with Crippen LogP contribution in [0.5, 0.6) is 11.5 Å². The zero-order chi connectivity index (χ0) is 19.1. The molecule has 0 heterocycles. The van der Waals surface area contributed by atoms with Crippen LogP contribution in [-0.2, 0) is 13.2 Å². The minimum Gasteiger partial charge on any atom is -0.490 e. The third-order valence-electron chi connectivity index (χ3n) is 4.11. The highest BCUT2D eigenvalue weighted by molar-refractivity contribution is 6.32. The molecule has 0 aliphatic carbocycles. The van der Waals surface area contributed by atoms with E-state index in [2.05, 4.69) is 30.4 Å². The topological polar surface area (TPSA) is 30.5 Å². The molecule has 4 heteroatoms. The first-order valence-corrected chi connectivity index (χ1v) is 9.46. The Bertz CT molecular complexity index is 881. The Morgan fingerprint density at radius 1 is 0.889 bits per heavy atom. The second-order valence-corrected chi connectivity index (χ2v) is 6.74. The zero-order valence-electron chi connectivity index (χ0n) is 15.7. The Kier molecular flexibility index (Phi) is 6.61. The molecular formula is C23H24ClNO2. The van der Waals surface area contributed by atoms with E-state index >= 15 is 0 Å². The van der Waals surface area contributed by atoms with E-state index in [1.54, 1.807) is 0 Å². The highest BCUT2D eigenvalue weighted by Crippen LogP contribution is 2.37. The number of anilines is 1. The van der Waals surface area contributed by atoms with Gasteiger partial charge in [-0.25, -0.2) is 0 Å². The van der Waals surface area contributed by atoms with Gasteiger partial charge >= 0.3 is 0 Å². The van der Waals surface area contributed by atoms with Crippen LogP contribution >= 0.6 is 11.6 Å². The molecule has 0 fully saturated rings. The van der Waals surface area contributed by atoms with E-state index in [0.29, 0.717) is 36.3 Å². The Labute approximate surface area is 165 Å². The van der Waals surface area contributed by atoms with Crippen molar-refractivity contribution >= 4 is 17.3 Å². The summed E-state index contributed by atoms with van der Waals surface area (Å²) in [6.07, 6.45) is 0. The van der Waals surface area contributed by atoms with Crippen LogP contribution in [0.15, 0.2) is 66.7 Å². The molecule has 0 unspecified atom stereocenters. The number of hydrogen-bond donors (Lipinski definition) is 1. The van der Waals surface area contributed by atoms with Gasteiger partial charge in [-0.1, -0.05) is 54.1 Å². The van der Waals surface area contributed by atoms with E-state index in [1.807, 2.05) is 55.5 Å². The van der Waals surface area contributed by atoms with Gasteiger partial charge in [0.25, 0.3) is 0 Å². The highest BCUT2D eigenvalue weighted by Gasteiger charge is 2.13. The molecule has 0 aromatic heterocycles. The van der Waals surface area contributed by atoms with Gasteiger partial charge in [0.2, 0.25) is 0 Å². The minimum absolute atomic E-state index is 0.446. The fourth-order valence-corrected chi connectivity index (χ4v) is 3.10. The van der Waals surface area contributed by atoms with Crippen molar-refractivity contribution < 1.29 is 9.47 Å². The third kappa shape index (κ3) is 5.41. The fourth-order valence-electron chi connectivity index (χ4n) is 2.82. The van der Waals surface area contributed by atoms with Crippen molar-refractivity contribution in [3.8, 4) is 11.5 Å². The lowest BCUT2D eigenvalue weighted by Gasteiger charge is -2.16. The molecular weight excluding hydrogens is 358 g/mol. The predicted molar refractivity (Wildman–Crippen MR) is 112 cm³/mol. The standard InChI is InChI=1S/C23H24ClNO2/c1-3-26-22-14-19(15-25-20-11-7-8-17(2)12-20)13-21(24)23(22)27-16-18-9-5-4-6-10-18/h4-14,25H,3,15-16H2,1-2H3. The molecule has 0 aliphatic rings. The van der Waals surface area contributed by atoms with Gasteiger partial charge in [-0.2, -0.15) is 0 Å². The average Bonchev–Trinajstić information content (AvgIpc) is 2.67. The summed E-state index contributed by atoms with van der Waals surface area (Å²) < 4.78 is 11.7. The first-order valence-electron chi connectivity index (χ1n) is 9.08. The van der Waals surface area contributed by atoms with E-state index in [9.17, 15) is 0 Å². The highest BCUT2D eigenvalue weighted by atomic mass is 35.5. The predicted octanol–water partition coefficient (Wildman–Crippen LogP) is 6.24. The van der Waals surface area contributed by atoms with E-state index in [0.717, 1.165) is 16.8 Å². The maximum Gasteiger partial charge on any atom is 0.180 e. The molecule has 3 rings (SSSR count). The van der Waals surface area contributed by atoms with Gasteiger partial charge in [-0.15, -0.1) is 0 Å². The molecule has 0 amide bonds. The Balaban J connectivity index is 1.74. The van der Waals surface area contributed by atoms with Crippen molar-refractivity contribution in [3.63, 3.8) is 0 Å². The number of nitrogens with one attached hydrogen (secondary N) is 1. The van der Waals surface area contributed by atoms with Crippen LogP contribution in [0.4, 0.5) is 5.69 Å². The lowest BCUT2D eigenvalue weighted by molar-refractivity contribution is 0.269. The van der Waals surface area contributed by atoms with Crippen LogP contribution in [0.25, 0.3) is 0 Å². The molecule has 3 nitrogen and oxygen atoms in total. The molecule has 0 bridgehead atoms. The number of aryl methyl sites for hydroxylation is 1. The van der Waals surface area contributed by atoms with Crippen LogP contribution in [0.1, 0.15) is 23.6 Å². The summed E-state index contributed by atoms with van der Waals surface area (Å²) >= 11 is 6.51. The van der Waals surface area contributed by atoms with E-state index < -0.39 is 0 Å². The largest absolute Gasteiger partial charge is 0.490 e. The van der Waals surface area contributed by atoms with Crippen LogP contribution in [0.2, 0.25) is 5.02 Å². The van der Waals surface area contributed by atoms with Gasteiger partial charge < -0.3 is 14.8 Å². The molecule has 0 radical (unpaired) electrons. The molecule has 0 aliphatic heterocycles. The molecule has 0 saturated carbocycles. The zero-order valence-corrected chi connectivity index (χ0v) is 16.4. The van der Waals surface area contributed by atoms with Gasteiger partial charge in [-0.05, 0) is 54.8 Å². The molecule has 0 atom stereocenters. The van der Waals surface area contributed by atoms with Crippen LogP contribution in [-0.4, -0.2) is 6.61 Å². The monoisotopic (exact) mass is 381 g/mol. The molecule has 1 N–H and O–H groups in total. The first kappa shape index (κ1) is 19.1. The van der Waals surface area contributed by atoms with Gasteiger partial charge in [0.1, 0.15) is 6.61 Å². The van der Waals surface area contributed by atoms with Gasteiger partial charge in [0.15, 0.2) is 11.5 Å². The summed E-state index contributed by atoms with van der Waals surface area (Å²) in [5.74, 6) is 1.25. The fraction of sp³-hybridized carbons (Fsp3) is 0.217. The SMILES string of the molecule is CCOc1cc(CNc2cccc(C)c2)cc(Cl)c1OCc1ccccc1. The summed E-state index contributed by atoms with van der Waals surface area (Å²) in [6, 6.07) is 22.2. The molecule has 3 aromatic rings. The van der Waals surface area contributed by atoms with Crippen molar-refractivity contribution in [2.45, 2.75) is 27.0 Å². The normalized spacial score (nSPS) is 10.5. The second-order valence-electron chi connectivity index (χ2n) is 6.34. The van der Waals surface area contributed by atoms with E-state index in [-0.39, 0.29) is 0 Å². The van der Waals surface area contributed by atoms with Crippen molar-refractivity contribution in [3.05, 3.63) is 88.4 Å². The number of ether oxygens (including phenoxy) is 2. The molecule has 140 valence electrons. The maximum atomic E-state index is 6.51. The number of rotatable bonds is 8. The number of hydrogen-bond acceptors (Lipinski definition) is 3. The molecule has 3 aromatic carbocycles. The number of benzene rings is 3. The van der Waals surface area contributed by atoms with Crippen LogP contribution < -0.4 is 14.8 Å².